The number of nitrogens with two attached hydrogens (primary N) is 1. The van der Waals surface area contributed by atoms with Crippen molar-refractivity contribution < 1.29 is 0 Å². The number of anilines is 1. The summed E-state index contributed by atoms with van der Waals surface area (Å²) in [5.74, 6) is 0.452. The third kappa shape index (κ3) is 2.48. The summed E-state index contributed by atoms with van der Waals surface area (Å²) in [5, 5.41) is 12.5. The zero-order valence-corrected chi connectivity index (χ0v) is 7.75. The number of aromatic nitrogens is 2. The molecule has 0 aliphatic rings. The van der Waals surface area contributed by atoms with Crippen LogP contribution in [-0.4, -0.2) is 9.78 Å². The minimum Gasteiger partial charge on any atom is -0.383 e. The molecule has 0 aliphatic carbocycles. The summed E-state index contributed by atoms with van der Waals surface area (Å²) in [6, 6.07) is 4.60. The van der Waals surface area contributed by atoms with Gasteiger partial charge >= 0.3 is 0 Å². The minimum atomic E-state index is 0.272. The Labute approximate surface area is 78.0 Å². The molecule has 1 aromatic rings. The van der Waals surface area contributed by atoms with Crippen molar-refractivity contribution in [1.29, 1.82) is 5.26 Å². The molecule has 2 N–H and O–H groups in total. The van der Waals surface area contributed by atoms with Crippen LogP contribution in [0, 0.1) is 17.4 Å². The molecule has 0 saturated carbocycles. The Bertz CT molecular complexity index is 308. The third-order valence-corrected chi connectivity index (χ3v) is 1.82. The summed E-state index contributed by atoms with van der Waals surface area (Å²) in [5.41, 5.74) is 5.87. The summed E-state index contributed by atoms with van der Waals surface area (Å²) in [6.07, 6.45) is 3.36. The van der Waals surface area contributed by atoms with Crippen LogP contribution >= 0.6 is 0 Å². The Morgan fingerprint density at radius 1 is 1.62 bits per heavy atom. The molecule has 0 bridgehead atoms. The van der Waals surface area contributed by atoms with E-state index in [4.69, 9.17) is 11.0 Å². The van der Waals surface area contributed by atoms with E-state index in [2.05, 4.69) is 18.1 Å². The maximum absolute atomic E-state index is 8.53. The summed E-state index contributed by atoms with van der Waals surface area (Å²) in [6.45, 7) is 2.91. The van der Waals surface area contributed by atoms with Gasteiger partial charge in [0.2, 0.25) is 0 Å². The molecule has 0 atom stereocenters. The number of nitrogens with zero attached hydrogens (tertiary/aromatic N) is 3. The molecule has 0 aliphatic heterocycles. The van der Waals surface area contributed by atoms with E-state index in [0.29, 0.717) is 5.82 Å². The Morgan fingerprint density at radius 2 is 2.38 bits per heavy atom. The van der Waals surface area contributed by atoms with Crippen molar-refractivity contribution in [3.05, 3.63) is 11.8 Å². The average Bonchev–Trinajstić information content (AvgIpc) is 2.48. The van der Waals surface area contributed by atoms with E-state index >= 15 is 0 Å². The lowest BCUT2D eigenvalue weighted by atomic mass is 10.2. The topological polar surface area (TPSA) is 67.6 Å². The highest BCUT2D eigenvalue weighted by molar-refractivity contribution is 5.34. The van der Waals surface area contributed by atoms with Crippen LogP contribution in [-0.2, 0) is 6.54 Å². The molecule has 0 spiro atoms. The van der Waals surface area contributed by atoms with Gasteiger partial charge in [-0.15, -0.1) is 0 Å². The first-order chi connectivity index (χ1) is 6.27. The van der Waals surface area contributed by atoms with Crippen LogP contribution in [0.25, 0.3) is 0 Å². The van der Waals surface area contributed by atoms with Gasteiger partial charge in [-0.2, -0.15) is 10.4 Å². The highest BCUT2D eigenvalue weighted by Gasteiger charge is 2.03. The zero-order chi connectivity index (χ0) is 9.68. The van der Waals surface area contributed by atoms with Crippen molar-refractivity contribution in [2.24, 2.45) is 0 Å². The molecule has 1 rings (SSSR count). The van der Waals surface area contributed by atoms with Crippen molar-refractivity contribution >= 4 is 5.82 Å². The first-order valence-corrected chi connectivity index (χ1v) is 4.43. The van der Waals surface area contributed by atoms with Gasteiger partial charge in [0.05, 0.1) is 6.07 Å². The van der Waals surface area contributed by atoms with Gasteiger partial charge < -0.3 is 5.73 Å². The van der Waals surface area contributed by atoms with Gasteiger partial charge in [-0.3, -0.25) is 0 Å². The Hall–Kier alpha value is -1.50. The fraction of sp³-hybridized carbons (Fsp3) is 0.556. The predicted octanol–water partition coefficient (Wildman–Crippen LogP) is 1.33. The van der Waals surface area contributed by atoms with E-state index < -0.39 is 0 Å². The number of hydrogen-bond donors (Lipinski definition) is 1. The number of nitrogen functional groups attached to an aromatic ring is 1. The lowest BCUT2D eigenvalue weighted by Gasteiger charge is -2.01. The molecule has 1 heterocycles. The maximum atomic E-state index is 8.53. The van der Waals surface area contributed by atoms with Gasteiger partial charge in [-0.1, -0.05) is 19.8 Å². The van der Waals surface area contributed by atoms with E-state index in [0.717, 1.165) is 25.8 Å². The molecule has 69 valence electrons. The first-order valence-electron chi connectivity index (χ1n) is 4.43. The Morgan fingerprint density at radius 3 is 2.92 bits per heavy atom. The predicted molar refractivity (Wildman–Crippen MR) is 49.7 cm³/mol. The molecule has 0 fully saturated rings. The summed E-state index contributed by atoms with van der Waals surface area (Å²) in [4.78, 5) is 0. The van der Waals surface area contributed by atoms with Crippen LogP contribution in [0.2, 0.25) is 0 Å². The normalized spacial score (nSPS) is 9.85. The summed E-state index contributed by atoms with van der Waals surface area (Å²) in [7, 11) is 0. The molecule has 0 unspecified atom stereocenters. The highest BCUT2D eigenvalue weighted by atomic mass is 15.3. The lowest BCUT2D eigenvalue weighted by molar-refractivity contribution is 0.558. The number of nitriles is 1. The van der Waals surface area contributed by atoms with Crippen molar-refractivity contribution in [2.75, 3.05) is 5.73 Å². The summed E-state index contributed by atoms with van der Waals surface area (Å²) >= 11 is 0. The van der Waals surface area contributed by atoms with E-state index in [1.165, 1.54) is 0 Å². The van der Waals surface area contributed by atoms with Gasteiger partial charge in [0.1, 0.15) is 11.9 Å². The fourth-order valence-corrected chi connectivity index (χ4v) is 1.12. The molecule has 1 aromatic heterocycles. The van der Waals surface area contributed by atoms with Crippen LogP contribution in [0.3, 0.4) is 0 Å². The molecular weight excluding hydrogens is 164 g/mol. The third-order valence-electron chi connectivity index (χ3n) is 1.82. The molecule has 0 amide bonds. The van der Waals surface area contributed by atoms with Crippen molar-refractivity contribution in [1.82, 2.24) is 9.78 Å². The second kappa shape index (κ2) is 4.51. The van der Waals surface area contributed by atoms with E-state index in [1.54, 1.807) is 4.68 Å². The van der Waals surface area contributed by atoms with Crippen LogP contribution in [0.1, 0.15) is 31.9 Å². The molecule has 0 aromatic carbocycles. The van der Waals surface area contributed by atoms with Crippen molar-refractivity contribution in [3.8, 4) is 6.07 Å². The smallest absolute Gasteiger partial charge is 0.172 e. The van der Waals surface area contributed by atoms with Crippen molar-refractivity contribution in [3.63, 3.8) is 0 Å². The number of unbranched alkanes of at least 4 members (excludes halogenated alkanes) is 2. The highest BCUT2D eigenvalue weighted by Crippen LogP contribution is 2.06. The average molecular weight is 177 g/mol. The molecule has 13 heavy (non-hydrogen) atoms. The number of rotatable bonds is 4. The van der Waals surface area contributed by atoms with E-state index in [-0.39, 0.29) is 5.69 Å². The zero-order valence-electron chi connectivity index (χ0n) is 7.75. The van der Waals surface area contributed by atoms with Crippen LogP contribution < -0.4 is 5.73 Å². The fourth-order valence-electron chi connectivity index (χ4n) is 1.12. The second-order valence-corrected chi connectivity index (χ2v) is 2.90. The standard InChI is InChI=1S/C9H13N4/c1-2-3-4-5-13-9(11)6-8(7-10)12-13/h2-5,11H2,1H3. The van der Waals surface area contributed by atoms with Gasteiger partial charge in [0.15, 0.2) is 5.69 Å². The van der Waals surface area contributed by atoms with Crippen LogP contribution in [0.5, 0.6) is 0 Å². The molecule has 1 radical (unpaired) electrons. The van der Waals surface area contributed by atoms with E-state index in [9.17, 15) is 0 Å². The monoisotopic (exact) mass is 177 g/mol. The molecular formula is C9H13N4. The van der Waals surface area contributed by atoms with Gasteiger partial charge in [0, 0.05) is 6.54 Å². The second-order valence-electron chi connectivity index (χ2n) is 2.90. The van der Waals surface area contributed by atoms with Crippen molar-refractivity contribution in [2.45, 2.75) is 32.7 Å². The van der Waals surface area contributed by atoms with Gasteiger partial charge in [-0.05, 0) is 6.42 Å². The van der Waals surface area contributed by atoms with Crippen LogP contribution in [0.4, 0.5) is 5.82 Å². The Balaban J connectivity index is 2.56. The van der Waals surface area contributed by atoms with Crippen LogP contribution in [0.15, 0.2) is 0 Å². The largest absolute Gasteiger partial charge is 0.383 e. The van der Waals surface area contributed by atoms with Gasteiger partial charge in [0.25, 0.3) is 0 Å². The van der Waals surface area contributed by atoms with Gasteiger partial charge in [-0.25, -0.2) is 4.68 Å². The first kappa shape index (κ1) is 9.59. The molecule has 0 saturated heterocycles. The lowest BCUT2D eigenvalue weighted by Crippen LogP contribution is -2.04. The SMILES string of the molecule is CCCCCn1nc(C#N)[c]c1N. The van der Waals surface area contributed by atoms with E-state index in [1.807, 2.05) is 6.07 Å². The minimum absolute atomic E-state index is 0.272. The molecule has 4 heteroatoms. The quantitative estimate of drug-likeness (QED) is 0.705. The maximum Gasteiger partial charge on any atom is 0.172 e. The molecule has 4 nitrogen and oxygen atoms in total. The number of aryl methyl sites for hydroxylation is 1. The number of hydrogen-bond acceptors (Lipinski definition) is 3. The Kier molecular flexibility index (Phi) is 3.32. The summed E-state index contributed by atoms with van der Waals surface area (Å²) < 4.78 is 1.63.